The highest BCUT2D eigenvalue weighted by Crippen LogP contribution is 2.42. The van der Waals surface area contributed by atoms with Gasteiger partial charge in [0.2, 0.25) is 0 Å². The Balaban J connectivity index is 1.94. The van der Waals surface area contributed by atoms with E-state index in [1.165, 1.54) is 12.1 Å². The maximum atomic E-state index is 11.2. The zero-order valence-corrected chi connectivity index (χ0v) is 22.7. The van der Waals surface area contributed by atoms with Crippen LogP contribution in [0.4, 0.5) is 11.4 Å². The maximum absolute atomic E-state index is 11.2. The van der Waals surface area contributed by atoms with Crippen LogP contribution in [0.15, 0.2) is 83.7 Å². The van der Waals surface area contributed by atoms with Crippen LogP contribution >= 0.6 is 11.6 Å². The molecule has 0 fully saturated rings. The molecule has 0 amide bonds. The summed E-state index contributed by atoms with van der Waals surface area (Å²) in [4.78, 5) is 15.0. The second-order valence-electron chi connectivity index (χ2n) is 8.58. The Labute approximate surface area is 232 Å². The molecule has 2 aromatic rings. The number of aromatic carboxylic acids is 1. The quantitative estimate of drug-likeness (QED) is 0.231. The molecular weight excluding hydrogens is 540 g/mol. The van der Waals surface area contributed by atoms with Crippen LogP contribution in [0.1, 0.15) is 29.3 Å². The molecule has 0 bridgehead atoms. The molecule has 9 nitrogen and oxygen atoms in total. The van der Waals surface area contributed by atoms with Crippen molar-refractivity contribution < 1.29 is 22.9 Å². The van der Waals surface area contributed by atoms with Gasteiger partial charge in [0.15, 0.2) is 0 Å². The van der Waals surface area contributed by atoms with Gasteiger partial charge in [-0.3, -0.25) is 4.55 Å². The van der Waals surface area contributed by atoms with Crippen molar-refractivity contribution in [1.82, 2.24) is 0 Å². The number of benzene rings is 2. The summed E-state index contributed by atoms with van der Waals surface area (Å²) in [7, 11) is -2.26. The van der Waals surface area contributed by atoms with Gasteiger partial charge in [-0.25, -0.2) is 4.79 Å². The molecule has 0 saturated heterocycles. The molecule has 200 valence electrons. The Morgan fingerprint density at radius 3 is 2.31 bits per heavy atom. The molecule has 0 saturated carbocycles. The predicted molar refractivity (Wildman–Crippen MR) is 151 cm³/mol. The second kappa shape index (κ2) is 12.5. The van der Waals surface area contributed by atoms with E-state index in [9.17, 15) is 23.7 Å². The molecule has 1 aliphatic heterocycles. The average Bonchev–Trinajstić information content (AvgIpc) is 3.14. The Kier molecular flexibility index (Phi) is 9.33. The Hall–Kier alpha value is -4.35. The monoisotopic (exact) mass is 564 g/mol. The van der Waals surface area contributed by atoms with Gasteiger partial charge in [0, 0.05) is 29.8 Å². The minimum atomic E-state index is -4.11. The van der Waals surface area contributed by atoms with Gasteiger partial charge in [0.1, 0.15) is 5.82 Å². The molecule has 2 aromatic carbocycles. The Morgan fingerprint density at radius 1 is 1.05 bits per heavy atom. The lowest BCUT2D eigenvalue weighted by Gasteiger charge is -2.22. The van der Waals surface area contributed by atoms with Crippen molar-refractivity contribution in [3.63, 3.8) is 0 Å². The van der Waals surface area contributed by atoms with Crippen LogP contribution in [0.5, 0.6) is 0 Å². The Bertz CT molecular complexity index is 1590. The van der Waals surface area contributed by atoms with E-state index in [1.807, 2.05) is 22.9 Å². The summed E-state index contributed by atoms with van der Waals surface area (Å²) in [5.41, 5.74) is 3.17. The van der Waals surface area contributed by atoms with E-state index in [4.69, 9.17) is 21.3 Å². The Morgan fingerprint density at radius 2 is 1.72 bits per heavy atom. The summed E-state index contributed by atoms with van der Waals surface area (Å²) in [6, 6.07) is 15.5. The standard InChI is InChI=1S/C28H25ClN4O5S/c1-19(17-30)27(20-8-10-21(11-9-20)28(34)35)22(18-31)6-3-4-7-26-32(2)24-13-12-23(29)16-25(24)33(26)14-5-15-39(36,37)38/h3-4,6-13,16H,5,14-15H2,1-2H3,(H,34,35)(H,36,37,38)/b4-3+,22-6+,26-7+,27-19-. The number of allylic oxidation sites excluding steroid dienone is 7. The number of carboxylic acid groups (broad SMARTS) is 1. The fourth-order valence-electron chi connectivity index (χ4n) is 4.15. The summed E-state index contributed by atoms with van der Waals surface area (Å²) < 4.78 is 31.6. The SMILES string of the molecule is C/C(C#N)=C(/C(C#N)=C/C=C/C=C1\N(C)c2ccc(Cl)cc2N1CCCS(=O)(=O)O)c1ccc(C(=O)O)cc1. The average molecular weight is 565 g/mol. The molecular formula is C28H25ClN4O5S. The first-order valence-electron chi connectivity index (χ1n) is 11.7. The van der Waals surface area contributed by atoms with Crippen LogP contribution in [0.2, 0.25) is 5.02 Å². The lowest BCUT2D eigenvalue weighted by molar-refractivity contribution is 0.0697. The smallest absolute Gasteiger partial charge is 0.335 e. The summed E-state index contributed by atoms with van der Waals surface area (Å²) in [6.45, 7) is 1.88. The second-order valence-corrected chi connectivity index (χ2v) is 10.6. The van der Waals surface area contributed by atoms with E-state index in [-0.39, 0.29) is 23.3 Å². The predicted octanol–water partition coefficient (Wildman–Crippen LogP) is 5.42. The molecule has 0 spiro atoms. The van der Waals surface area contributed by atoms with Crippen molar-refractivity contribution in [2.24, 2.45) is 0 Å². The summed E-state index contributed by atoms with van der Waals surface area (Å²) in [5.74, 6) is -0.746. The van der Waals surface area contributed by atoms with E-state index in [1.54, 1.807) is 55.5 Å². The minimum absolute atomic E-state index is 0.0887. The third-order valence-electron chi connectivity index (χ3n) is 5.97. The molecule has 39 heavy (non-hydrogen) atoms. The van der Waals surface area contributed by atoms with Crippen molar-refractivity contribution in [1.29, 1.82) is 10.5 Å². The molecule has 0 unspecified atom stereocenters. The van der Waals surface area contributed by atoms with Crippen LogP contribution in [-0.4, -0.2) is 43.4 Å². The van der Waals surface area contributed by atoms with Gasteiger partial charge in [-0.05, 0) is 61.4 Å². The molecule has 0 radical (unpaired) electrons. The van der Waals surface area contributed by atoms with Crippen LogP contribution in [0.25, 0.3) is 5.57 Å². The maximum Gasteiger partial charge on any atom is 0.335 e. The van der Waals surface area contributed by atoms with Gasteiger partial charge in [-0.15, -0.1) is 0 Å². The highest BCUT2D eigenvalue weighted by molar-refractivity contribution is 7.85. The lowest BCUT2D eigenvalue weighted by Crippen LogP contribution is -2.27. The first kappa shape index (κ1) is 29.2. The van der Waals surface area contributed by atoms with Gasteiger partial charge < -0.3 is 14.9 Å². The molecule has 2 N–H and O–H groups in total. The number of rotatable bonds is 9. The zero-order valence-electron chi connectivity index (χ0n) is 21.2. The molecule has 0 aromatic heterocycles. The number of nitrogens with zero attached hydrogens (tertiary/aromatic N) is 4. The van der Waals surface area contributed by atoms with Gasteiger partial charge in [0.25, 0.3) is 10.1 Å². The summed E-state index contributed by atoms with van der Waals surface area (Å²) in [6.07, 6.45) is 6.87. The minimum Gasteiger partial charge on any atom is -0.478 e. The van der Waals surface area contributed by atoms with Crippen molar-refractivity contribution in [3.8, 4) is 12.1 Å². The number of nitriles is 2. The number of fused-ring (bicyclic) bond motifs is 1. The topological polar surface area (TPSA) is 146 Å². The van der Waals surface area contributed by atoms with E-state index in [0.29, 0.717) is 28.3 Å². The molecule has 0 atom stereocenters. The first-order chi connectivity index (χ1) is 18.5. The largest absolute Gasteiger partial charge is 0.478 e. The number of anilines is 2. The molecule has 11 heteroatoms. The summed E-state index contributed by atoms with van der Waals surface area (Å²) >= 11 is 6.20. The van der Waals surface area contributed by atoms with Crippen LogP contribution in [0, 0.1) is 22.7 Å². The van der Waals surface area contributed by atoms with Gasteiger partial charge >= 0.3 is 5.97 Å². The number of halogens is 1. The van der Waals surface area contributed by atoms with Crippen LogP contribution < -0.4 is 9.80 Å². The van der Waals surface area contributed by atoms with Gasteiger partial charge in [-0.1, -0.05) is 35.9 Å². The van der Waals surface area contributed by atoms with Crippen molar-refractivity contribution in [2.45, 2.75) is 13.3 Å². The third kappa shape index (κ3) is 7.15. The zero-order chi connectivity index (χ0) is 28.7. The van der Waals surface area contributed by atoms with E-state index in [0.717, 1.165) is 17.2 Å². The third-order valence-corrected chi connectivity index (χ3v) is 7.01. The molecule has 3 rings (SSSR count). The van der Waals surface area contributed by atoms with Gasteiger partial charge in [0.05, 0.1) is 40.4 Å². The van der Waals surface area contributed by atoms with Crippen LogP contribution in [-0.2, 0) is 10.1 Å². The first-order valence-corrected chi connectivity index (χ1v) is 13.7. The highest BCUT2D eigenvalue weighted by atomic mass is 35.5. The van der Waals surface area contributed by atoms with E-state index in [2.05, 4.69) is 12.1 Å². The number of carbonyl (C=O) groups is 1. The van der Waals surface area contributed by atoms with Gasteiger partial charge in [-0.2, -0.15) is 18.9 Å². The normalized spacial score (nSPS) is 15.2. The number of carboxylic acids is 1. The number of hydrogen-bond acceptors (Lipinski definition) is 7. The van der Waals surface area contributed by atoms with Crippen LogP contribution in [0.3, 0.4) is 0 Å². The molecule has 0 aliphatic carbocycles. The summed E-state index contributed by atoms with van der Waals surface area (Å²) in [5, 5.41) is 29.0. The molecule has 1 aliphatic rings. The molecule has 1 heterocycles. The van der Waals surface area contributed by atoms with E-state index >= 15 is 0 Å². The lowest BCUT2D eigenvalue weighted by atomic mass is 9.93. The number of hydrogen-bond donors (Lipinski definition) is 2. The van der Waals surface area contributed by atoms with Crippen molar-refractivity contribution >= 4 is 44.6 Å². The van der Waals surface area contributed by atoms with Crippen molar-refractivity contribution in [3.05, 3.63) is 99.9 Å². The fourth-order valence-corrected chi connectivity index (χ4v) is 4.81. The highest BCUT2D eigenvalue weighted by Gasteiger charge is 2.28. The van der Waals surface area contributed by atoms with E-state index < -0.39 is 16.1 Å². The van der Waals surface area contributed by atoms with Crippen molar-refractivity contribution in [2.75, 3.05) is 29.1 Å². The fraction of sp³-hybridized carbons (Fsp3) is 0.179.